The van der Waals surface area contributed by atoms with E-state index in [0.29, 0.717) is 13.2 Å². The number of carbonyl (C=O) groups is 1. The molecule has 5 heteroatoms. The largest absolute Gasteiger partial charge is 0.383 e. The molecule has 0 aliphatic carbocycles. The zero-order valence-electron chi connectivity index (χ0n) is 12.2. The molecule has 0 aromatic carbocycles. The van der Waals surface area contributed by atoms with Crippen molar-refractivity contribution in [2.24, 2.45) is 0 Å². The average Bonchev–Trinajstić information content (AvgIpc) is 2.82. The second kappa shape index (κ2) is 7.62. The Balaban J connectivity index is 2.28. The van der Waals surface area contributed by atoms with E-state index >= 15 is 0 Å². The first-order valence-electron chi connectivity index (χ1n) is 6.48. The minimum absolute atomic E-state index is 0.00605. The predicted molar refractivity (Wildman–Crippen MR) is 79.7 cm³/mol. The maximum atomic E-state index is 11.7. The molecule has 1 rings (SSSR count). The van der Waals surface area contributed by atoms with Crippen molar-refractivity contribution in [1.82, 2.24) is 10.6 Å². The minimum atomic E-state index is 0.00605. The highest BCUT2D eigenvalue weighted by Gasteiger charge is 2.21. The average molecular weight is 284 g/mol. The van der Waals surface area contributed by atoms with Crippen molar-refractivity contribution in [2.45, 2.75) is 32.2 Å². The summed E-state index contributed by atoms with van der Waals surface area (Å²) in [6.45, 7) is 7.93. The lowest BCUT2D eigenvalue weighted by Crippen LogP contribution is -2.43. The maximum Gasteiger partial charge on any atom is 0.234 e. The normalized spacial score (nSPS) is 13.3. The van der Waals surface area contributed by atoms with Gasteiger partial charge in [0.2, 0.25) is 5.91 Å². The quantitative estimate of drug-likeness (QED) is 0.765. The first kappa shape index (κ1) is 16.1. The van der Waals surface area contributed by atoms with E-state index < -0.39 is 0 Å². The van der Waals surface area contributed by atoms with Crippen molar-refractivity contribution in [3.05, 3.63) is 22.4 Å². The molecular formula is C14H24N2O2S. The summed E-state index contributed by atoms with van der Waals surface area (Å²) >= 11 is 1.75. The predicted octanol–water partition coefficient (Wildman–Crippen LogP) is 1.77. The summed E-state index contributed by atoms with van der Waals surface area (Å²) in [4.78, 5) is 13.0. The first-order valence-corrected chi connectivity index (χ1v) is 7.36. The van der Waals surface area contributed by atoms with Crippen LogP contribution in [0.5, 0.6) is 0 Å². The summed E-state index contributed by atoms with van der Waals surface area (Å²) in [7, 11) is 1.63. The van der Waals surface area contributed by atoms with Gasteiger partial charge in [-0.1, -0.05) is 19.9 Å². The van der Waals surface area contributed by atoms with E-state index in [-0.39, 0.29) is 17.4 Å². The molecule has 0 spiro atoms. The summed E-state index contributed by atoms with van der Waals surface area (Å²) in [5, 5.41) is 8.17. The van der Waals surface area contributed by atoms with Crippen molar-refractivity contribution in [3.63, 3.8) is 0 Å². The number of ether oxygens (including phenoxy) is 1. The van der Waals surface area contributed by atoms with Crippen molar-refractivity contribution in [1.29, 1.82) is 0 Å². The number of amides is 1. The molecule has 0 bridgehead atoms. The van der Waals surface area contributed by atoms with Crippen LogP contribution < -0.4 is 10.6 Å². The van der Waals surface area contributed by atoms with Gasteiger partial charge in [0, 0.05) is 30.0 Å². The number of nitrogens with one attached hydrogen (secondary N) is 2. The van der Waals surface area contributed by atoms with E-state index in [1.165, 1.54) is 4.88 Å². The van der Waals surface area contributed by atoms with E-state index in [4.69, 9.17) is 4.74 Å². The van der Waals surface area contributed by atoms with Crippen LogP contribution in [0.4, 0.5) is 0 Å². The van der Waals surface area contributed by atoms with Crippen molar-refractivity contribution < 1.29 is 9.53 Å². The van der Waals surface area contributed by atoms with E-state index in [0.717, 1.165) is 6.54 Å². The molecule has 0 saturated heterocycles. The summed E-state index contributed by atoms with van der Waals surface area (Å²) < 4.78 is 4.98. The van der Waals surface area contributed by atoms with Gasteiger partial charge < -0.3 is 15.4 Å². The Labute approximate surface area is 119 Å². The Hall–Kier alpha value is -0.910. The molecule has 19 heavy (non-hydrogen) atoms. The zero-order valence-corrected chi connectivity index (χ0v) is 13.0. The van der Waals surface area contributed by atoms with E-state index in [1.54, 1.807) is 18.4 Å². The highest BCUT2D eigenvalue weighted by atomic mass is 32.1. The van der Waals surface area contributed by atoms with Crippen molar-refractivity contribution >= 4 is 17.2 Å². The molecule has 1 heterocycles. The standard InChI is InChI=1S/C14H24N2O2S/c1-11(9-18-4)16-13(17)8-15-10-14(2,3)12-6-5-7-19-12/h5-7,11,15H,8-10H2,1-4H3,(H,16,17). The maximum absolute atomic E-state index is 11.7. The van der Waals surface area contributed by atoms with E-state index in [9.17, 15) is 4.79 Å². The molecule has 108 valence electrons. The van der Waals surface area contributed by atoms with Gasteiger partial charge in [-0.05, 0) is 18.4 Å². The number of hydrogen-bond acceptors (Lipinski definition) is 4. The van der Waals surface area contributed by atoms with Crippen LogP contribution in [0.1, 0.15) is 25.6 Å². The van der Waals surface area contributed by atoms with Crippen LogP contribution in [0, 0.1) is 0 Å². The molecule has 2 N–H and O–H groups in total. The monoisotopic (exact) mass is 284 g/mol. The van der Waals surface area contributed by atoms with E-state index in [2.05, 4.69) is 42.0 Å². The van der Waals surface area contributed by atoms with Gasteiger partial charge in [0.15, 0.2) is 0 Å². The van der Waals surface area contributed by atoms with Crippen LogP contribution >= 0.6 is 11.3 Å². The Morgan fingerprint density at radius 3 is 2.84 bits per heavy atom. The fourth-order valence-electron chi connectivity index (χ4n) is 1.86. The van der Waals surface area contributed by atoms with Gasteiger partial charge in [-0.3, -0.25) is 4.79 Å². The number of carbonyl (C=O) groups excluding carboxylic acids is 1. The fraction of sp³-hybridized carbons (Fsp3) is 0.643. The molecule has 0 fully saturated rings. The third kappa shape index (κ3) is 5.72. The van der Waals surface area contributed by atoms with Gasteiger partial charge >= 0.3 is 0 Å². The lowest BCUT2D eigenvalue weighted by Gasteiger charge is -2.23. The highest BCUT2D eigenvalue weighted by molar-refractivity contribution is 7.10. The van der Waals surface area contributed by atoms with E-state index in [1.807, 2.05) is 6.92 Å². The third-order valence-corrected chi connectivity index (χ3v) is 4.10. The first-order chi connectivity index (χ1) is 8.95. The summed E-state index contributed by atoms with van der Waals surface area (Å²) in [5.74, 6) is 0.00605. The van der Waals surface area contributed by atoms with Crippen molar-refractivity contribution in [3.8, 4) is 0 Å². The van der Waals surface area contributed by atoms with Crippen LogP contribution in [0.15, 0.2) is 17.5 Å². The Kier molecular flexibility index (Phi) is 6.48. The number of thiophene rings is 1. The SMILES string of the molecule is COCC(C)NC(=O)CNCC(C)(C)c1cccs1. The molecule has 0 radical (unpaired) electrons. The van der Waals surface area contributed by atoms with Crippen LogP contribution in [-0.2, 0) is 14.9 Å². The third-order valence-electron chi connectivity index (χ3n) is 2.86. The molecule has 1 atom stereocenters. The van der Waals surface area contributed by atoms with Crippen LogP contribution in [0.25, 0.3) is 0 Å². The van der Waals surface area contributed by atoms with Gasteiger partial charge in [-0.25, -0.2) is 0 Å². The molecule has 0 saturated carbocycles. The second-order valence-electron chi connectivity index (χ2n) is 5.39. The molecule has 1 aromatic heterocycles. The van der Waals surface area contributed by atoms with Crippen LogP contribution in [-0.4, -0.2) is 38.8 Å². The molecule has 0 aliphatic heterocycles. The lowest BCUT2D eigenvalue weighted by atomic mass is 9.91. The molecule has 1 unspecified atom stereocenters. The summed E-state index contributed by atoms with van der Waals surface area (Å²) in [6.07, 6.45) is 0. The van der Waals surface area contributed by atoms with Crippen LogP contribution in [0.3, 0.4) is 0 Å². The molecule has 1 amide bonds. The van der Waals surface area contributed by atoms with Gasteiger partial charge in [0.05, 0.1) is 13.2 Å². The number of rotatable bonds is 8. The van der Waals surface area contributed by atoms with Crippen LogP contribution in [0.2, 0.25) is 0 Å². The topological polar surface area (TPSA) is 50.4 Å². The molecule has 0 aliphatic rings. The number of methoxy groups -OCH3 is 1. The van der Waals surface area contributed by atoms with Gasteiger partial charge in [0.25, 0.3) is 0 Å². The fourth-order valence-corrected chi connectivity index (χ4v) is 2.71. The van der Waals surface area contributed by atoms with Gasteiger partial charge in [0.1, 0.15) is 0 Å². The summed E-state index contributed by atoms with van der Waals surface area (Å²) in [6, 6.07) is 4.23. The van der Waals surface area contributed by atoms with Crippen molar-refractivity contribution in [2.75, 3.05) is 26.8 Å². The number of hydrogen-bond donors (Lipinski definition) is 2. The Morgan fingerprint density at radius 2 is 2.26 bits per heavy atom. The minimum Gasteiger partial charge on any atom is -0.383 e. The Morgan fingerprint density at radius 1 is 1.53 bits per heavy atom. The van der Waals surface area contributed by atoms with Gasteiger partial charge in [-0.15, -0.1) is 11.3 Å². The zero-order chi connectivity index (χ0) is 14.3. The lowest BCUT2D eigenvalue weighted by molar-refractivity contribution is -0.121. The highest BCUT2D eigenvalue weighted by Crippen LogP contribution is 2.26. The molecule has 4 nitrogen and oxygen atoms in total. The summed E-state index contributed by atoms with van der Waals surface area (Å²) in [5.41, 5.74) is 0.0482. The molecule has 1 aromatic rings. The second-order valence-corrected chi connectivity index (χ2v) is 6.34. The molecular weight excluding hydrogens is 260 g/mol. The Bertz CT molecular complexity index is 377. The smallest absolute Gasteiger partial charge is 0.234 e. The van der Waals surface area contributed by atoms with Gasteiger partial charge in [-0.2, -0.15) is 0 Å².